The molecule has 0 saturated heterocycles. The van der Waals surface area contributed by atoms with Crippen molar-refractivity contribution in [3.8, 4) is 23.1 Å². The van der Waals surface area contributed by atoms with Gasteiger partial charge in [0.2, 0.25) is 6.33 Å². The molecule has 0 unspecified atom stereocenters. The average molecular weight is 754 g/mol. The van der Waals surface area contributed by atoms with Gasteiger partial charge in [-0.2, -0.15) is 18.4 Å². The predicted octanol–water partition coefficient (Wildman–Crippen LogP) is 6.43. The number of likely N-dealkylation sites (N-methyl/N-ethyl adjacent to an activating group) is 1. The number of nitrogens with one attached hydrogen (secondary N) is 1. The van der Waals surface area contributed by atoms with E-state index in [1.807, 2.05) is 18.2 Å². The maximum Gasteiger partial charge on any atom is 0.490 e. The Morgan fingerprint density at radius 3 is 2.34 bits per heavy atom. The summed E-state index contributed by atoms with van der Waals surface area (Å²) in [7, 11) is 1.64. The van der Waals surface area contributed by atoms with Crippen molar-refractivity contribution >= 4 is 23.3 Å². The number of aromatic nitrogens is 4. The van der Waals surface area contributed by atoms with Crippen molar-refractivity contribution in [1.29, 1.82) is 5.26 Å². The summed E-state index contributed by atoms with van der Waals surface area (Å²) in [6.45, 7) is 6.26. The van der Waals surface area contributed by atoms with Gasteiger partial charge in [-0.1, -0.05) is 19.1 Å². The Balaban J connectivity index is 1.54. The van der Waals surface area contributed by atoms with E-state index in [0.717, 1.165) is 29.0 Å². The summed E-state index contributed by atoms with van der Waals surface area (Å²) in [6.07, 6.45) is -2.63. The molecule has 10 nitrogen and oxygen atoms in total. The number of carbonyl (C=O) groups excluding carboxylic acids is 2. The zero-order valence-electron chi connectivity index (χ0n) is 29.2. The molecular weight excluding hydrogens is 720 g/mol. The predicted molar refractivity (Wildman–Crippen MR) is 182 cm³/mol. The van der Waals surface area contributed by atoms with Crippen molar-refractivity contribution in [2.75, 3.05) is 7.05 Å². The molecule has 16 heteroatoms. The first-order valence-electron chi connectivity index (χ1n) is 16.2. The van der Waals surface area contributed by atoms with Crippen LogP contribution in [0.3, 0.4) is 0 Å². The number of nitriles is 1. The Kier molecular flexibility index (Phi) is 11.4. The number of hydrogen-bond donors (Lipinski definition) is 1. The van der Waals surface area contributed by atoms with Gasteiger partial charge >= 0.3 is 18.1 Å². The van der Waals surface area contributed by atoms with Gasteiger partial charge in [0.15, 0.2) is 5.60 Å². The lowest BCUT2D eigenvalue weighted by atomic mass is 9.81. The van der Waals surface area contributed by atoms with Crippen LogP contribution in [0.1, 0.15) is 52.6 Å². The van der Waals surface area contributed by atoms with Crippen LogP contribution < -0.4 is 14.6 Å². The van der Waals surface area contributed by atoms with E-state index >= 15 is 4.39 Å². The highest BCUT2D eigenvalue weighted by Crippen LogP contribution is 2.45. The van der Waals surface area contributed by atoms with Gasteiger partial charge in [-0.3, -0.25) is 0 Å². The lowest BCUT2D eigenvalue weighted by Gasteiger charge is -2.36. The van der Waals surface area contributed by atoms with Crippen molar-refractivity contribution in [3.05, 3.63) is 117 Å². The maximum atomic E-state index is 15.7. The number of rotatable bonds is 12. The fourth-order valence-corrected chi connectivity index (χ4v) is 6.77. The van der Waals surface area contributed by atoms with Crippen LogP contribution in [0.4, 0.5) is 22.0 Å². The Hall–Kier alpha value is -5.53. The van der Waals surface area contributed by atoms with Gasteiger partial charge in [0.1, 0.15) is 35.0 Å². The molecule has 5 rings (SSSR count). The van der Waals surface area contributed by atoms with Gasteiger partial charge in [-0.25, -0.2) is 27.9 Å². The summed E-state index contributed by atoms with van der Waals surface area (Å²) < 4.78 is 85.3. The van der Waals surface area contributed by atoms with Crippen molar-refractivity contribution < 1.29 is 45.6 Å². The number of aryl methyl sites for hydroxylation is 2. The number of thiazole rings is 1. The monoisotopic (exact) mass is 753 g/mol. The molecule has 2 aromatic heterocycles. The van der Waals surface area contributed by atoms with Crippen LogP contribution in [0.2, 0.25) is 0 Å². The van der Waals surface area contributed by atoms with E-state index in [2.05, 4.69) is 15.4 Å². The number of benzene rings is 3. The molecule has 0 amide bonds. The van der Waals surface area contributed by atoms with Crippen LogP contribution in [-0.4, -0.2) is 46.0 Å². The molecule has 3 atom stereocenters. The molecule has 276 valence electrons. The van der Waals surface area contributed by atoms with E-state index in [-0.39, 0.29) is 11.6 Å². The second-order valence-electron chi connectivity index (χ2n) is 12.5. The third-order valence-electron chi connectivity index (χ3n) is 8.70. The molecule has 2 heterocycles. The van der Waals surface area contributed by atoms with Gasteiger partial charge in [0.25, 0.3) is 6.33 Å². The second-order valence-corrected chi connectivity index (χ2v) is 13.4. The van der Waals surface area contributed by atoms with Gasteiger partial charge in [0.05, 0.1) is 29.8 Å². The molecule has 1 N–H and O–H groups in total. The van der Waals surface area contributed by atoms with E-state index in [4.69, 9.17) is 14.7 Å². The summed E-state index contributed by atoms with van der Waals surface area (Å²) in [5.41, 5.74) is 0.596. The quantitative estimate of drug-likeness (QED) is 0.0670. The molecule has 3 aromatic carbocycles. The van der Waals surface area contributed by atoms with Crippen LogP contribution in [-0.2, 0) is 33.0 Å². The maximum absolute atomic E-state index is 15.7. The molecule has 53 heavy (non-hydrogen) atoms. The normalized spacial score (nSPS) is 13.8. The van der Waals surface area contributed by atoms with Gasteiger partial charge in [-0.05, 0) is 80.9 Å². The number of ether oxygens (including phenoxy) is 2. The highest BCUT2D eigenvalue weighted by molar-refractivity contribution is 7.10. The third kappa shape index (κ3) is 8.58. The Bertz CT molecular complexity index is 2160. The highest BCUT2D eigenvalue weighted by atomic mass is 32.1. The van der Waals surface area contributed by atoms with E-state index in [1.165, 1.54) is 24.3 Å². The summed E-state index contributed by atoms with van der Waals surface area (Å²) in [6, 6.07) is 13.8. The van der Waals surface area contributed by atoms with Crippen molar-refractivity contribution in [2.45, 2.75) is 64.5 Å². The number of esters is 2. The van der Waals surface area contributed by atoms with E-state index in [1.54, 1.807) is 62.0 Å². The molecule has 0 saturated carbocycles. The topological polar surface area (TPSA) is 123 Å². The highest BCUT2D eigenvalue weighted by Gasteiger charge is 2.53. The van der Waals surface area contributed by atoms with Crippen molar-refractivity contribution in [2.24, 2.45) is 0 Å². The SMILES string of the molecule is CN[C@@H](C)C(=O)Oc1c(C)cc(C[n+]2cnn(C[C@](OC(=O)C(F)(F)F)(c3ccc(F)cc3F)[C@@H](C)c3nc(-c4ccc(C#N)cc4)cs3)c2)cc1C. The van der Waals surface area contributed by atoms with Crippen LogP contribution in [0.25, 0.3) is 11.3 Å². The van der Waals surface area contributed by atoms with E-state index in [9.17, 15) is 27.2 Å². The largest absolute Gasteiger partial charge is 0.490 e. The van der Waals surface area contributed by atoms with Crippen LogP contribution >= 0.6 is 11.3 Å². The van der Waals surface area contributed by atoms with Crippen LogP contribution in [0, 0.1) is 36.8 Å². The van der Waals surface area contributed by atoms with Crippen LogP contribution in [0.5, 0.6) is 5.75 Å². The molecule has 0 aliphatic heterocycles. The minimum atomic E-state index is -5.47. The molecule has 5 aromatic rings. The van der Waals surface area contributed by atoms with Crippen molar-refractivity contribution in [3.63, 3.8) is 0 Å². The zero-order chi connectivity index (χ0) is 38.7. The molecule has 0 fully saturated rings. The first kappa shape index (κ1) is 38.7. The van der Waals surface area contributed by atoms with E-state index in [0.29, 0.717) is 39.8 Å². The van der Waals surface area contributed by atoms with Crippen molar-refractivity contribution in [1.82, 2.24) is 20.1 Å². The minimum absolute atomic E-state index is 0.180. The Morgan fingerprint density at radius 2 is 1.74 bits per heavy atom. The number of hydrogen-bond acceptors (Lipinski definition) is 9. The second kappa shape index (κ2) is 15.6. The molecular formula is C37H34F5N6O4S+. The van der Waals surface area contributed by atoms with Gasteiger partial charge in [-0.15, -0.1) is 16.0 Å². The lowest BCUT2D eigenvalue weighted by Crippen LogP contribution is -2.45. The van der Waals surface area contributed by atoms with E-state index < -0.39 is 59.4 Å². The Labute approximate surface area is 305 Å². The fraction of sp³-hybridized carbons (Fsp3) is 0.297. The van der Waals surface area contributed by atoms with Gasteiger partial charge < -0.3 is 14.8 Å². The minimum Gasteiger partial charge on any atom is -0.443 e. The number of alkyl halides is 3. The molecule has 0 bridgehead atoms. The summed E-state index contributed by atoms with van der Waals surface area (Å²) in [4.78, 5) is 29.6. The molecule has 0 radical (unpaired) electrons. The summed E-state index contributed by atoms with van der Waals surface area (Å²) in [5, 5.41) is 18.1. The first-order chi connectivity index (χ1) is 25.0. The van der Waals surface area contributed by atoms with Gasteiger partial charge in [0, 0.05) is 27.7 Å². The molecule has 0 aliphatic carbocycles. The van der Waals surface area contributed by atoms with Crippen LogP contribution in [0.15, 0.2) is 72.6 Å². The fourth-order valence-electron chi connectivity index (χ4n) is 5.80. The Morgan fingerprint density at radius 1 is 1.06 bits per heavy atom. The molecule has 0 aliphatic rings. The average Bonchev–Trinajstić information content (AvgIpc) is 3.78. The number of halogens is 5. The molecule has 0 spiro atoms. The number of nitrogens with zero attached hydrogens (tertiary/aromatic N) is 5. The lowest BCUT2D eigenvalue weighted by molar-refractivity contribution is -0.689. The smallest absolute Gasteiger partial charge is 0.443 e. The third-order valence-corrected chi connectivity index (χ3v) is 9.72. The summed E-state index contributed by atoms with van der Waals surface area (Å²) >= 11 is 1.04. The summed E-state index contributed by atoms with van der Waals surface area (Å²) in [5.74, 6) is -6.11. The standard InChI is InChI=1S/C37H34F5N6O4S/c1-21-12-26(13-22(2)32(21)51-34(49)24(4)44-5)16-47-19-45-48(20-47)18-36(52-35(50)37(40,41)42,29-11-10-28(38)14-30(29)39)23(3)33-46-31(17-53-33)27-8-6-25(15-43)7-9-27/h6-14,17,19-20,23-24,44H,16,18H2,1-5H3/q+1/t23-,24-,36+/m0/s1. The number of carbonyl (C=O) groups is 2. The zero-order valence-corrected chi connectivity index (χ0v) is 30.0. The first-order valence-corrected chi connectivity index (χ1v) is 17.0.